The van der Waals surface area contributed by atoms with Gasteiger partial charge < -0.3 is 5.11 Å². The zero-order chi connectivity index (χ0) is 15.4. The Hall–Kier alpha value is -1.67. The molecule has 0 bridgehead atoms. The minimum Gasteiger partial charge on any atom is -0.389 e. The van der Waals surface area contributed by atoms with Gasteiger partial charge in [-0.3, -0.25) is 4.98 Å². The molecular formula is C20H25NO. The summed E-state index contributed by atoms with van der Waals surface area (Å²) in [7, 11) is 0. The van der Waals surface area contributed by atoms with Gasteiger partial charge in [0.15, 0.2) is 0 Å². The number of pyridine rings is 1. The first-order valence-corrected chi connectivity index (χ1v) is 8.38. The molecule has 2 atom stereocenters. The third-order valence-electron chi connectivity index (χ3n) is 5.13. The Kier molecular flexibility index (Phi) is 4.58. The zero-order valence-corrected chi connectivity index (χ0v) is 13.3. The summed E-state index contributed by atoms with van der Waals surface area (Å²) in [5.74, 6) is 0.270. The van der Waals surface area contributed by atoms with Gasteiger partial charge in [-0.2, -0.15) is 0 Å². The van der Waals surface area contributed by atoms with Crippen LogP contribution in [0.25, 0.3) is 0 Å². The number of nitrogens with zero attached hydrogens (tertiary/aromatic N) is 1. The molecule has 3 rings (SSSR count). The maximum Gasteiger partial charge on any atom is 0.0771 e. The minimum absolute atomic E-state index is 0.0713. The number of aromatic nitrogens is 1. The SMILES string of the molecule is C[C@](O)(C1CCCCC1)[C@H](c1ccccc1)c1ccccn1. The molecule has 1 aliphatic rings. The van der Waals surface area contributed by atoms with Gasteiger partial charge in [0.2, 0.25) is 0 Å². The standard InChI is InChI=1S/C20H25NO/c1-20(22,17-12-6-3-7-13-17)19(16-10-4-2-5-11-16)18-14-8-9-15-21-18/h2,4-5,8-11,14-15,17,19,22H,3,6-7,12-13H2,1H3/t19-,20+/m1/s1. The Balaban J connectivity index is 2.01. The molecule has 0 aliphatic heterocycles. The highest BCUT2D eigenvalue weighted by Crippen LogP contribution is 2.43. The summed E-state index contributed by atoms with van der Waals surface area (Å²) in [6, 6.07) is 16.3. The smallest absolute Gasteiger partial charge is 0.0771 e. The van der Waals surface area contributed by atoms with Crippen LogP contribution in [0.5, 0.6) is 0 Å². The normalized spacial score (nSPS) is 20.3. The van der Waals surface area contributed by atoms with Gasteiger partial charge in [-0.25, -0.2) is 0 Å². The van der Waals surface area contributed by atoms with Gasteiger partial charge in [-0.15, -0.1) is 0 Å². The molecule has 0 saturated heterocycles. The first-order chi connectivity index (χ1) is 10.7. The molecule has 1 aromatic carbocycles. The van der Waals surface area contributed by atoms with Crippen molar-refractivity contribution in [2.24, 2.45) is 5.92 Å². The third-order valence-corrected chi connectivity index (χ3v) is 5.13. The number of benzene rings is 1. The molecule has 1 saturated carbocycles. The first kappa shape index (κ1) is 15.2. The van der Waals surface area contributed by atoms with Crippen molar-refractivity contribution in [3.05, 3.63) is 66.0 Å². The van der Waals surface area contributed by atoms with E-state index in [4.69, 9.17) is 0 Å². The maximum atomic E-state index is 11.5. The Morgan fingerprint density at radius 2 is 1.68 bits per heavy atom. The van der Waals surface area contributed by atoms with Gasteiger partial charge in [-0.05, 0) is 43.4 Å². The topological polar surface area (TPSA) is 33.1 Å². The molecule has 1 heterocycles. The molecular weight excluding hydrogens is 270 g/mol. The maximum absolute atomic E-state index is 11.5. The van der Waals surface area contributed by atoms with Crippen LogP contribution in [0.3, 0.4) is 0 Å². The molecule has 1 N–H and O–H groups in total. The van der Waals surface area contributed by atoms with Crippen LogP contribution in [0.2, 0.25) is 0 Å². The first-order valence-electron chi connectivity index (χ1n) is 8.38. The van der Waals surface area contributed by atoms with E-state index in [0.29, 0.717) is 5.92 Å². The molecule has 2 aromatic rings. The minimum atomic E-state index is -0.768. The number of rotatable bonds is 4. The summed E-state index contributed by atoms with van der Waals surface area (Å²) in [6.07, 6.45) is 7.80. The van der Waals surface area contributed by atoms with Crippen molar-refractivity contribution in [3.8, 4) is 0 Å². The molecule has 116 valence electrons. The van der Waals surface area contributed by atoms with Crippen LogP contribution in [0.4, 0.5) is 0 Å². The van der Waals surface area contributed by atoms with Crippen molar-refractivity contribution >= 4 is 0 Å². The summed E-state index contributed by atoms with van der Waals surface area (Å²) >= 11 is 0. The summed E-state index contributed by atoms with van der Waals surface area (Å²) < 4.78 is 0. The van der Waals surface area contributed by atoms with Crippen LogP contribution in [-0.2, 0) is 0 Å². The number of hydrogen-bond donors (Lipinski definition) is 1. The van der Waals surface area contributed by atoms with Crippen LogP contribution >= 0.6 is 0 Å². The molecule has 2 nitrogen and oxygen atoms in total. The van der Waals surface area contributed by atoms with Gasteiger partial charge >= 0.3 is 0 Å². The van der Waals surface area contributed by atoms with E-state index in [1.54, 1.807) is 0 Å². The lowest BCUT2D eigenvalue weighted by Gasteiger charge is -2.41. The van der Waals surface area contributed by atoms with Gasteiger partial charge in [0, 0.05) is 6.20 Å². The second-order valence-corrected chi connectivity index (χ2v) is 6.66. The van der Waals surface area contributed by atoms with Crippen molar-refractivity contribution in [1.29, 1.82) is 0 Å². The molecule has 1 fully saturated rings. The Morgan fingerprint density at radius 1 is 1.00 bits per heavy atom. The molecule has 0 unspecified atom stereocenters. The van der Waals surface area contributed by atoms with Gasteiger partial charge in [0.05, 0.1) is 17.2 Å². The molecule has 0 radical (unpaired) electrons. The van der Waals surface area contributed by atoms with Crippen molar-refractivity contribution < 1.29 is 5.11 Å². The van der Waals surface area contributed by atoms with E-state index >= 15 is 0 Å². The van der Waals surface area contributed by atoms with Crippen molar-refractivity contribution in [1.82, 2.24) is 4.98 Å². The lowest BCUT2D eigenvalue weighted by Crippen LogP contribution is -2.42. The largest absolute Gasteiger partial charge is 0.389 e. The van der Waals surface area contributed by atoms with Crippen LogP contribution in [-0.4, -0.2) is 15.7 Å². The predicted octanol–water partition coefficient (Wildman–Crippen LogP) is 4.54. The fourth-order valence-electron chi connectivity index (χ4n) is 3.92. The van der Waals surface area contributed by atoms with E-state index in [9.17, 15) is 5.11 Å². The average Bonchev–Trinajstić information content (AvgIpc) is 2.58. The highest BCUT2D eigenvalue weighted by Gasteiger charge is 2.42. The van der Waals surface area contributed by atoms with Crippen LogP contribution < -0.4 is 0 Å². The second kappa shape index (κ2) is 6.62. The third kappa shape index (κ3) is 3.07. The van der Waals surface area contributed by atoms with E-state index in [0.717, 1.165) is 24.1 Å². The van der Waals surface area contributed by atoms with Crippen molar-refractivity contribution in [3.63, 3.8) is 0 Å². The molecule has 1 aromatic heterocycles. The van der Waals surface area contributed by atoms with Gasteiger partial charge in [-0.1, -0.05) is 55.7 Å². The summed E-state index contributed by atoms with van der Waals surface area (Å²) in [6.45, 7) is 2.01. The van der Waals surface area contributed by atoms with Crippen LogP contribution in [0.15, 0.2) is 54.7 Å². The van der Waals surface area contributed by atoms with E-state index in [1.165, 1.54) is 19.3 Å². The monoisotopic (exact) mass is 295 g/mol. The van der Waals surface area contributed by atoms with Gasteiger partial charge in [0.1, 0.15) is 0 Å². The van der Waals surface area contributed by atoms with E-state index in [2.05, 4.69) is 17.1 Å². The van der Waals surface area contributed by atoms with E-state index in [-0.39, 0.29) is 5.92 Å². The van der Waals surface area contributed by atoms with Gasteiger partial charge in [0.25, 0.3) is 0 Å². The number of aliphatic hydroxyl groups is 1. The predicted molar refractivity (Wildman–Crippen MR) is 89.7 cm³/mol. The van der Waals surface area contributed by atoms with Crippen molar-refractivity contribution in [2.75, 3.05) is 0 Å². The highest BCUT2D eigenvalue weighted by atomic mass is 16.3. The number of hydrogen-bond acceptors (Lipinski definition) is 2. The van der Waals surface area contributed by atoms with Crippen molar-refractivity contribution in [2.45, 2.75) is 50.5 Å². The summed E-state index contributed by atoms with van der Waals surface area (Å²) in [5.41, 5.74) is 1.34. The molecule has 22 heavy (non-hydrogen) atoms. The second-order valence-electron chi connectivity index (χ2n) is 6.66. The lowest BCUT2D eigenvalue weighted by molar-refractivity contribution is -0.0312. The van der Waals surface area contributed by atoms with E-state index in [1.807, 2.05) is 49.5 Å². The average molecular weight is 295 g/mol. The summed E-state index contributed by atoms with van der Waals surface area (Å²) in [4.78, 5) is 4.56. The fraction of sp³-hybridized carbons (Fsp3) is 0.450. The Bertz CT molecular complexity index is 534. The zero-order valence-electron chi connectivity index (χ0n) is 13.3. The van der Waals surface area contributed by atoms with E-state index < -0.39 is 5.60 Å². The molecule has 2 heteroatoms. The fourth-order valence-corrected chi connectivity index (χ4v) is 3.92. The Labute approximate surface area is 133 Å². The Morgan fingerprint density at radius 3 is 2.32 bits per heavy atom. The lowest BCUT2D eigenvalue weighted by atomic mass is 9.68. The molecule has 0 amide bonds. The molecule has 0 spiro atoms. The van der Waals surface area contributed by atoms with Crippen LogP contribution in [0, 0.1) is 5.92 Å². The highest BCUT2D eigenvalue weighted by molar-refractivity contribution is 5.32. The van der Waals surface area contributed by atoms with Crippen LogP contribution in [0.1, 0.15) is 56.2 Å². The summed E-state index contributed by atoms with van der Waals surface area (Å²) in [5, 5.41) is 11.5. The molecule has 1 aliphatic carbocycles. The quantitative estimate of drug-likeness (QED) is 0.898.